The highest BCUT2D eigenvalue weighted by molar-refractivity contribution is 7.15. The average molecular weight is 408 g/mol. The van der Waals surface area contributed by atoms with E-state index in [1.54, 1.807) is 19.5 Å². The van der Waals surface area contributed by atoms with E-state index in [1.807, 2.05) is 36.4 Å². The van der Waals surface area contributed by atoms with Crippen LogP contribution in [0.2, 0.25) is 0 Å². The minimum absolute atomic E-state index is 0.194. The van der Waals surface area contributed by atoms with E-state index in [9.17, 15) is 4.79 Å². The molecular formula is C21H20N4O3S. The Morgan fingerprint density at radius 2 is 2.00 bits per heavy atom. The van der Waals surface area contributed by atoms with Gasteiger partial charge in [-0.3, -0.25) is 9.78 Å². The second kappa shape index (κ2) is 8.40. The third-order valence-corrected chi connectivity index (χ3v) is 5.32. The summed E-state index contributed by atoms with van der Waals surface area (Å²) in [7, 11) is 1.61. The number of pyridine rings is 1. The molecule has 0 aliphatic carbocycles. The predicted octanol–water partition coefficient (Wildman–Crippen LogP) is 2.95. The summed E-state index contributed by atoms with van der Waals surface area (Å²) in [6.45, 7) is 2.76. The fourth-order valence-corrected chi connectivity index (χ4v) is 3.74. The van der Waals surface area contributed by atoms with Crippen LogP contribution in [0.3, 0.4) is 0 Å². The summed E-state index contributed by atoms with van der Waals surface area (Å²) in [6, 6.07) is 9.25. The molecular weight excluding hydrogens is 388 g/mol. The molecule has 3 aromatic heterocycles. The third kappa shape index (κ3) is 3.97. The Hall–Kier alpha value is -3.26. The van der Waals surface area contributed by atoms with Crippen LogP contribution < -0.4 is 19.6 Å². The second-order valence-corrected chi connectivity index (χ2v) is 7.40. The van der Waals surface area contributed by atoms with Gasteiger partial charge < -0.3 is 9.47 Å². The fourth-order valence-electron chi connectivity index (χ4n) is 2.83. The smallest absolute Gasteiger partial charge is 0.291 e. The zero-order valence-corrected chi connectivity index (χ0v) is 17.0. The van der Waals surface area contributed by atoms with Crippen LogP contribution in [-0.4, -0.2) is 33.3 Å². The monoisotopic (exact) mass is 408 g/mol. The van der Waals surface area contributed by atoms with Crippen LogP contribution in [0.4, 0.5) is 0 Å². The molecule has 0 aliphatic rings. The first kappa shape index (κ1) is 19.1. The Kier molecular flexibility index (Phi) is 5.53. The van der Waals surface area contributed by atoms with Gasteiger partial charge in [0.15, 0.2) is 17.3 Å². The van der Waals surface area contributed by atoms with E-state index in [0.717, 1.165) is 24.0 Å². The number of rotatable bonds is 7. The topological polar surface area (TPSA) is 78.6 Å². The molecule has 7 nitrogen and oxygen atoms in total. The molecule has 0 N–H and O–H groups in total. The zero-order valence-electron chi connectivity index (χ0n) is 16.2. The van der Waals surface area contributed by atoms with Crippen molar-refractivity contribution in [3.05, 3.63) is 63.2 Å². The normalized spacial score (nSPS) is 11.9. The molecule has 0 spiro atoms. The highest BCUT2D eigenvalue weighted by Gasteiger charge is 2.12. The Labute approximate surface area is 171 Å². The summed E-state index contributed by atoms with van der Waals surface area (Å²) in [5.41, 5.74) is 1.48. The number of benzene rings is 1. The minimum Gasteiger partial charge on any atom is -0.493 e. The molecule has 3 heterocycles. The first-order chi connectivity index (χ1) is 14.2. The van der Waals surface area contributed by atoms with Crippen molar-refractivity contribution in [1.29, 1.82) is 0 Å². The molecule has 8 heteroatoms. The summed E-state index contributed by atoms with van der Waals surface area (Å²) in [4.78, 5) is 21.8. The molecule has 0 radical (unpaired) electrons. The van der Waals surface area contributed by atoms with E-state index in [1.165, 1.54) is 15.9 Å². The highest BCUT2D eigenvalue weighted by Crippen LogP contribution is 2.28. The van der Waals surface area contributed by atoms with Gasteiger partial charge in [0.05, 0.1) is 18.2 Å². The first-order valence-electron chi connectivity index (χ1n) is 9.32. The van der Waals surface area contributed by atoms with Gasteiger partial charge in [-0.2, -0.15) is 9.50 Å². The van der Waals surface area contributed by atoms with Gasteiger partial charge in [-0.1, -0.05) is 30.7 Å². The molecule has 0 unspecified atom stereocenters. The summed E-state index contributed by atoms with van der Waals surface area (Å²) in [6.07, 6.45) is 7.21. The number of hydrogen-bond acceptors (Lipinski definition) is 7. The molecule has 0 saturated heterocycles. The van der Waals surface area contributed by atoms with Crippen molar-refractivity contribution in [3.8, 4) is 22.9 Å². The molecule has 0 fully saturated rings. The Bertz CT molecular complexity index is 1230. The van der Waals surface area contributed by atoms with Gasteiger partial charge in [-0.05, 0) is 42.3 Å². The Morgan fingerprint density at radius 1 is 1.17 bits per heavy atom. The molecule has 0 saturated carbocycles. The van der Waals surface area contributed by atoms with E-state index in [-0.39, 0.29) is 5.56 Å². The number of nitrogens with zero attached hydrogens (tertiary/aromatic N) is 4. The van der Waals surface area contributed by atoms with Gasteiger partial charge in [0.25, 0.3) is 5.56 Å². The number of thiazole rings is 1. The maximum Gasteiger partial charge on any atom is 0.291 e. The summed E-state index contributed by atoms with van der Waals surface area (Å²) < 4.78 is 13.1. The average Bonchev–Trinajstić information content (AvgIpc) is 3.29. The summed E-state index contributed by atoms with van der Waals surface area (Å²) in [5, 5.41) is 4.35. The lowest BCUT2D eigenvalue weighted by molar-refractivity contribution is 0.288. The molecule has 0 atom stereocenters. The summed E-state index contributed by atoms with van der Waals surface area (Å²) >= 11 is 1.30. The number of aromatic nitrogens is 4. The lowest BCUT2D eigenvalue weighted by Crippen LogP contribution is -2.23. The fraction of sp³-hybridized carbons (Fsp3) is 0.238. The van der Waals surface area contributed by atoms with E-state index in [4.69, 9.17) is 9.47 Å². The molecule has 0 aliphatic heterocycles. The van der Waals surface area contributed by atoms with Crippen molar-refractivity contribution < 1.29 is 9.47 Å². The zero-order chi connectivity index (χ0) is 20.2. The van der Waals surface area contributed by atoms with E-state index < -0.39 is 0 Å². The molecule has 148 valence electrons. The van der Waals surface area contributed by atoms with Gasteiger partial charge in [-0.25, -0.2) is 0 Å². The van der Waals surface area contributed by atoms with Gasteiger partial charge in [0.1, 0.15) is 0 Å². The van der Waals surface area contributed by atoms with Crippen LogP contribution >= 0.6 is 11.3 Å². The summed E-state index contributed by atoms with van der Waals surface area (Å²) in [5.74, 6) is 1.85. The Balaban J connectivity index is 1.66. The molecule has 0 bridgehead atoms. The largest absolute Gasteiger partial charge is 0.493 e. The molecule has 0 amide bonds. The van der Waals surface area contributed by atoms with Crippen LogP contribution in [0, 0.1) is 0 Å². The lowest BCUT2D eigenvalue weighted by atomic mass is 10.2. The number of unbranched alkanes of at least 4 members (excludes halogenated alkanes) is 1. The maximum absolute atomic E-state index is 12.7. The van der Waals surface area contributed by atoms with Crippen LogP contribution in [0.25, 0.3) is 22.4 Å². The third-order valence-electron chi connectivity index (χ3n) is 4.36. The van der Waals surface area contributed by atoms with Crippen molar-refractivity contribution in [2.45, 2.75) is 19.8 Å². The van der Waals surface area contributed by atoms with Gasteiger partial charge in [0, 0.05) is 18.0 Å². The number of ether oxygens (including phenoxy) is 2. The molecule has 29 heavy (non-hydrogen) atoms. The minimum atomic E-state index is -0.194. The van der Waals surface area contributed by atoms with Crippen molar-refractivity contribution >= 4 is 22.4 Å². The van der Waals surface area contributed by atoms with E-state index in [0.29, 0.717) is 33.4 Å². The van der Waals surface area contributed by atoms with E-state index >= 15 is 0 Å². The van der Waals surface area contributed by atoms with Crippen LogP contribution in [0.15, 0.2) is 47.5 Å². The lowest BCUT2D eigenvalue weighted by Gasteiger charge is -2.10. The number of hydrogen-bond donors (Lipinski definition) is 0. The number of fused-ring (bicyclic) bond motifs is 1. The first-order valence-corrected chi connectivity index (χ1v) is 10.1. The number of methoxy groups -OCH3 is 1. The van der Waals surface area contributed by atoms with Gasteiger partial charge in [-0.15, -0.1) is 5.10 Å². The van der Waals surface area contributed by atoms with Crippen molar-refractivity contribution in [3.63, 3.8) is 0 Å². The standard InChI is InChI=1S/C21H20N4O3S/c1-3-4-11-28-16-6-5-14(12-17(16)27-2)13-18-20(26)25-21(29-18)23-19(24-25)15-7-9-22-10-8-15/h5-10,12-13H,3-4,11H2,1-2H3/b18-13-. The van der Waals surface area contributed by atoms with Crippen molar-refractivity contribution in [2.75, 3.05) is 13.7 Å². The quantitative estimate of drug-likeness (QED) is 0.438. The van der Waals surface area contributed by atoms with Crippen LogP contribution in [0.5, 0.6) is 11.5 Å². The van der Waals surface area contributed by atoms with Gasteiger partial charge in [0.2, 0.25) is 4.96 Å². The van der Waals surface area contributed by atoms with Crippen LogP contribution in [0.1, 0.15) is 25.3 Å². The second-order valence-electron chi connectivity index (χ2n) is 6.39. The molecule has 4 rings (SSSR count). The van der Waals surface area contributed by atoms with Crippen molar-refractivity contribution in [2.24, 2.45) is 0 Å². The highest BCUT2D eigenvalue weighted by atomic mass is 32.1. The predicted molar refractivity (Wildman–Crippen MR) is 113 cm³/mol. The van der Waals surface area contributed by atoms with Crippen molar-refractivity contribution in [1.82, 2.24) is 19.6 Å². The SMILES string of the molecule is CCCCOc1ccc(/C=c2\sc3nc(-c4ccncc4)nn3c2=O)cc1OC. The molecule has 4 aromatic rings. The molecule has 1 aromatic carbocycles. The maximum atomic E-state index is 12.7. The van der Waals surface area contributed by atoms with E-state index in [2.05, 4.69) is 22.0 Å². The van der Waals surface area contributed by atoms with Gasteiger partial charge >= 0.3 is 0 Å². The van der Waals surface area contributed by atoms with Crippen LogP contribution in [-0.2, 0) is 0 Å². The Morgan fingerprint density at radius 3 is 2.72 bits per heavy atom.